The van der Waals surface area contributed by atoms with Crippen molar-refractivity contribution in [3.05, 3.63) is 20.8 Å². The lowest BCUT2D eigenvalue weighted by molar-refractivity contribution is -0.148. The molecule has 0 bridgehead atoms. The standard InChI is InChI=1S/C11H16BrNO2S/c1-8(2)15-11(14)7-13(3)6-9-4-5-10(12)16-9/h4-5,8H,6-7H2,1-3H3. The van der Waals surface area contributed by atoms with Crippen LogP contribution < -0.4 is 0 Å². The Morgan fingerprint density at radius 3 is 2.75 bits per heavy atom. The summed E-state index contributed by atoms with van der Waals surface area (Å²) in [6.07, 6.45) is -0.0446. The zero-order chi connectivity index (χ0) is 12.1. The Bertz CT molecular complexity index is 352. The number of hydrogen-bond donors (Lipinski definition) is 0. The monoisotopic (exact) mass is 305 g/mol. The van der Waals surface area contributed by atoms with Gasteiger partial charge < -0.3 is 4.74 Å². The van der Waals surface area contributed by atoms with Gasteiger partial charge in [0, 0.05) is 11.4 Å². The Hall–Kier alpha value is -0.390. The minimum absolute atomic E-state index is 0.0446. The molecular weight excluding hydrogens is 290 g/mol. The third-order valence-electron chi connectivity index (χ3n) is 1.82. The van der Waals surface area contributed by atoms with E-state index in [9.17, 15) is 4.79 Å². The summed E-state index contributed by atoms with van der Waals surface area (Å²) in [6.45, 7) is 4.81. The summed E-state index contributed by atoms with van der Waals surface area (Å²) in [7, 11) is 1.91. The van der Waals surface area contributed by atoms with Gasteiger partial charge in [-0.15, -0.1) is 11.3 Å². The van der Waals surface area contributed by atoms with Crippen LogP contribution in [0.25, 0.3) is 0 Å². The molecule has 0 N–H and O–H groups in total. The van der Waals surface area contributed by atoms with Crippen LogP contribution >= 0.6 is 27.3 Å². The fraction of sp³-hybridized carbons (Fsp3) is 0.545. The van der Waals surface area contributed by atoms with Crippen LogP contribution in [0.1, 0.15) is 18.7 Å². The van der Waals surface area contributed by atoms with Crippen molar-refractivity contribution in [2.24, 2.45) is 0 Å². The highest BCUT2D eigenvalue weighted by molar-refractivity contribution is 9.11. The second-order valence-corrected chi connectivity index (χ2v) is 6.46. The SMILES string of the molecule is CC(C)OC(=O)CN(C)Cc1ccc(Br)s1. The lowest BCUT2D eigenvalue weighted by Crippen LogP contribution is -2.28. The summed E-state index contributed by atoms with van der Waals surface area (Å²) in [5.74, 6) is -0.173. The van der Waals surface area contributed by atoms with Crippen molar-refractivity contribution in [1.82, 2.24) is 4.90 Å². The molecule has 5 heteroatoms. The number of halogens is 1. The highest BCUT2D eigenvalue weighted by atomic mass is 79.9. The second-order valence-electron chi connectivity index (χ2n) is 3.92. The van der Waals surface area contributed by atoms with Crippen LogP contribution in [0.5, 0.6) is 0 Å². The molecule has 1 rings (SSSR count). The zero-order valence-corrected chi connectivity index (χ0v) is 12.1. The molecular formula is C11H16BrNO2S. The summed E-state index contributed by atoms with van der Waals surface area (Å²) in [4.78, 5) is 14.6. The van der Waals surface area contributed by atoms with E-state index in [2.05, 4.69) is 22.0 Å². The van der Waals surface area contributed by atoms with Crippen LogP contribution in [0.2, 0.25) is 0 Å². The molecule has 1 aromatic rings. The lowest BCUT2D eigenvalue weighted by Gasteiger charge is -2.15. The lowest BCUT2D eigenvalue weighted by atomic mass is 10.4. The number of carbonyl (C=O) groups excluding carboxylic acids is 1. The highest BCUT2D eigenvalue weighted by Gasteiger charge is 2.10. The van der Waals surface area contributed by atoms with Gasteiger partial charge in [0.1, 0.15) is 0 Å². The first-order valence-corrected chi connectivity index (χ1v) is 6.70. The Morgan fingerprint density at radius 1 is 1.56 bits per heavy atom. The van der Waals surface area contributed by atoms with Gasteiger partial charge in [0.05, 0.1) is 16.4 Å². The predicted molar refractivity (Wildman–Crippen MR) is 69.6 cm³/mol. The molecule has 0 saturated carbocycles. The smallest absolute Gasteiger partial charge is 0.320 e. The summed E-state index contributed by atoms with van der Waals surface area (Å²) in [5, 5.41) is 0. The maximum Gasteiger partial charge on any atom is 0.320 e. The van der Waals surface area contributed by atoms with Gasteiger partial charge in [0.2, 0.25) is 0 Å². The van der Waals surface area contributed by atoms with Gasteiger partial charge in [-0.3, -0.25) is 9.69 Å². The molecule has 0 saturated heterocycles. The Kier molecular flexibility index (Phi) is 5.44. The molecule has 0 unspecified atom stereocenters. The normalized spacial score (nSPS) is 11.1. The number of esters is 1. The van der Waals surface area contributed by atoms with E-state index in [4.69, 9.17) is 4.74 Å². The van der Waals surface area contributed by atoms with Crippen LogP contribution in [-0.2, 0) is 16.1 Å². The van der Waals surface area contributed by atoms with Crippen LogP contribution in [0.3, 0.4) is 0 Å². The third-order valence-corrected chi connectivity index (χ3v) is 3.43. The summed E-state index contributed by atoms with van der Waals surface area (Å²) < 4.78 is 6.19. The molecule has 0 aliphatic carbocycles. The first-order valence-electron chi connectivity index (χ1n) is 5.09. The predicted octanol–water partition coefficient (Wildman–Crippen LogP) is 2.89. The molecule has 90 valence electrons. The van der Waals surface area contributed by atoms with Gasteiger partial charge >= 0.3 is 5.97 Å². The van der Waals surface area contributed by atoms with Crippen molar-refractivity contribution in [1.29, 1.82) is 0 Å². The minimum Gasteiger partial charge on any atom is -0.462 e. The minimum atomic E-state index is -0.173. The number of rotatable bonds is 5. The van der Waals surface area contributed by atoms with Crippen molar-refractivity contribution in [2.75, 3.05) is 13.6 Å². The molecule has 1 heterocycles. The second kappa shape index (κ2) is 6.37. The topological polar surface area (TPSA) is 29.5 Å². The molecule has 0 aliphatic heterocycles. The largest absolute Gasteiger partial charge is 0.462 e. The van der Waals surface area contributed by atoms with Gasteiger partial charge in [0.25, 0.3) is 0 Å². The van der Waals surface area contributed by atoms with Crippen molar-refractivity contribution >= 4 is 33.2 Å². The molecule has 0 radical (unpaired) electrons. The van der Waals surface area contributed by atoms with E-state index in [1.165, 1.54) is 4.88 Å². The molecule has 1 aromatic heterocycles. The van der Waals surface area contributed by atoms with Crippen molar-refractivity contribution in [2.45, 2.75) is 26.5 Å². The average Bonchev–Trinajstić information content (AvgIpc) is 2.48. The van der Waals surface area contributed by atoms with E-state index in [1.54, 1.807) is 11.3 Å². The van der Waals surface area contributed by atoms with Gasteiger partial charge in [-0.2, -0.15) is 0 Å². The summed E-state index contributed by atoms with van der Waals surface area (Å²) in [5.41, 5.74) is 0. The summed E-state index contributed by atoms with van der Waals surface area (Å²) >= 11 is 5.09. The van der Waals surface area contributed by atoms with Crippen LogP contribution in [0.4, 0.5) is 0 Å². The molecule has 0 amide bonds. The van der Waals surface area contributed by atoms with E-state index in [0.717, 1.165) is 10.3 Å². The molecule has 0 spiro atoms. The first-order chi connectivity index (χ1) is 7.47. The van der Waals surface area contributed by atoms with Crippen molar-refractivity contribution in [3.8, 4) is 0 Å². The van der Waals surface area contributed by atoms with E-state index in [1.807, 2.05) is 31.9 Å². The summed E-state index contributed by atoms with van der Waals surface area (Å²) in [6, 6.07) is 4.07. The number of thiophene rings is 1. The van der Waals surface area contributed by atoms with Gasteiger partial charge in [0.15, 0.2) is 0 Å². The Labute approximate surface area is 109 Å². The van der Waals surface area contributed by atoms with E-state index in [-0.39, 0.29) is 12.1 Å². The fourth-order valence-corrected chi connectivity index (χ4v) is 2.84. The van der Waals surface area contributed by atoms with Gasteiger partial charge in [-0.25, -0.2) is 0 Å². The van der Waals surface area contributed by atoms with Crippen LogP contribution in [-0.4, -0.2) is 30.6 Å². The molecule has 0 aromatic carbocycles. The Balaban J connectivity index is 2.35. The fourth-order valence-electron chi connectivity index (χ4n) is 1.28. The van der Waals surface area contributed by atoms with Crippen LogP contribution in [0, 0.1) is 0 Å². The Morgan fingerprint density at radius 2 is 2.25 bits per heavy atom. The third kappa shape index (κ3) is 5.09. The number of nitrogens with zero attached hydrogens (tertiary/aromatic N) is 1. The first kappa shape index (κ1) is 13.7. The quantitative estimate of drug-likeness (QED) is 0.784. The number of carbonyl (C=O) groups is 1. The maximum absolute atomic E-state index is 11.4. The number of ether oxygens (including phenoxy) is 1. The number of likely N-dealkylation sites (N-methyl/N-ethyl adjacent to an activating group) is 1. The van der Waals surface area contributed by atoms with E-state index >= 15 is 0 Å². The van der Waals surface area contributed by atoms with E-state index < -0.39 is 0 Å². The van der Waals surface area contributed by atoms with Gasteiger partial charge in [-0.05, 0) is 49.0 Å². The molecule has 0 atom stereocenters. The van der Waals surface area contributed by atoms with Gasteiger partial charge in [-0.1, -0.05) is 0 Å². The van der Waals surface area contributed by atoms with Crippen LogP contribution in [0.15, 0.2) is 15.9 Å². The van der Waals surface area contributed by atoms with Crippen molar-refractivity contribution < 1.29 is 9.53 Å². The molecule has 16 heavy (non-hydrogen) atoms. The average molecular weight is 306 g/mol. The van der Waals surface area contributed by atoms with Crippen molar-refractivity contribution in [3.63, 3.8) is 0 Å². The molecule has 3 nitrogen and oxygen atoms in total. The molecule has 0 fully saturated rings. The number of hydrogen-bond acceptors (Lipinski definition) is 4. The highest BCUT2D eigenvalue weighted by Crippen LogP contribution is 2.22. The molecule has 0 aliphatic rings. The zero-order valence-electron chi connectivity index (χ0n) is 9.70. The maximum atomic E-state index is 11.4. The van der Waals surface area contributed by atoms with E-state index in [0.29, 0.717) is 6.54 Å².